The minimum absolute atomic E-state index is 0.0933. The van der Waals surface area contributed by atoms with Crippen LogP contribution >= 0.6 is 23.4 Å². The Labute approximate surface area is 170 Å². The number of benzene rings is 3. The molecule has 1 amide bonds. The maximum atomic E-state index is 12.4. The Morgan fingerprint density at radius 1 is 0.926 bits per heavy atom. The molecule has 0 fully saturated rings. The Morgan fingerprint density at radius 2 is 1.56 bits per heavy atom. The van der Waals surface area contributed by atoms with Crippen molar-refractivity contribution in [3.05, 3.63) is 94.5 Å². The summed E-state index contributed by atoms with van der Waals surface area (Å²) in [4.78, 5) is 13.6. The lowest BCUT2D eigenvalue weighted by atomic mass is 10.0. The summed E-state index contributed by atoms with van der Waals surface area (Å²) in [7, 11) is 0. The molecule has 0 aliphatic heterocycles. The Kier molecular flexibility index (Phi) is 6.59. The van der Waals surface area contributed by atoms with Crippen molar-refractivity contribution in [2.45, 2.75) is 30.4 Å². The van der Waals surface area contributed by atoms with Crippen LogP contribution in [0.5, 0.6) is 0 Å². The Morgan fingerprint density at radius 3 is 2.15 bits per heavy atom. The van der Waals surface area contributed by atoms with Crippen molar-refractivity contribution in [3.8, 4) is 0 Å². The van der Waals surface area contributed by atoms with Gasteiger partial charge in [0.1, 0.15) is 0 Å². The van der Waals surface area contributed by atoms with Crippen LogP contribution in [0, 0.1) is 0 Å². The maximum Gasteiger partial charge on any atom is 0.255 e. The Balaban J connectivity index is 1.57. The third kappa shape index (κ3) is 5.62. The number of nitrogens with one attached hydrogen (secondary N) is 1. The SMILES string of the molecule is CC(C)c1ccc(NC(=O)c2ccc(CSc3ccc(Cl)cc3)cc2)cc1. The first-order valence-electron chi connectivity index (χ1n) is 8.90. The molecule has 27 heavy (non-hydrogen) atoms. The molecule has 0 aliphatic carbocycles. The van der Waals surface area contributed by atoms with Crippen LogP contribution in [0.25, 0.3) is 0 Å². The van der Waals surface area contributed by atoms with Gasteiger partial charge in [0, 0.05) is 26.9 Å². The molecule has 0 atom stereocenters. The van der Waals surface area contributed by atoms with Crippen molar-refractivity contribution in [3.63, 3.8) is 0 Å². The van der Waals surface area contributed by atoms with Gasteiger partial charge in [0.15, 0.2) is 0 Å². The number of anilines is 1. The molecule has 0 radical (unpaired) electrons. The first kappa shape index (κ1) is 19.5. The van der Waals surface area contributed by atoms with Gasteiger partial charge in [-0.15, -0.1) is 11.8 Å². The number of amides is 1. The summed E-state index contributed by atoms with van der Waals surface area (Å²) < 4.78 is 0. The highest BCUT2D eigenvalue weighted by atomic mass is 35.5. The molecule has 0 spiro atoms. The van der Waals surface area contributed by atoms with E-state index >= 15 is 0 Å². The number of hydrogen-bond donors (Lipinski definition) is 1. The van der Waals surface area contributed by atoms with E-state index < -0.39 is 0 Å². The summed E-state index contributed by atoms with van der Waals surface area (Å²) in [6, 6.07) is 23.6. The predicted octanol–water partition coefficient (Wildman–Crippen LogP) is 7.01. The van der Waals surface area contributed by atoms with E-state index in [2.05, 4.69) is 31.3 Å². The highest BCUT2D eigenvalue weighted by molar-refractivity contribution is 7.98. The zero-order valence-electron chi connectivity index (χ0n) is 15.4. The fourth-order valence-electron chi connectivity index (χ4n) is 2.60. The topological polar surface area (TPSA) is 29.1 Å². The van der Waals surface area contributed by atoms with E-state index in [-0.39, 0.29) is 5.91 Å². The lowest BCUT2D eigenvalue weighted by Crippen LogP contribution is -2.11. The molecule has 0 heterocycles. The molecule has 0 unspecified atom stereocenters. The van der Waals surface area contributed by atoms with Crippen molar-refractivity contribution in [2.24, 2.45) is 0 Å². The summed E-state index contributed by atoms with van der Waals surface area (Å²) in [6.07, 6.45) is 0. The molecule has 4 heteroatoms. The van der Waals surface area contributed by atoms with E-state index in [4.69, 9.17) is 11.6 Å². The van der Waals surface area contributed by atoms with Gasteiger partial charge < -0.3 is 5.32 Å². The van der Waals surface area contributed by atoms with E-state index in [1.807, 2.05) is 60.7 Å². The second-order valence-corrected chi connectivity index (χ2v) is 8.16. The fraction of sp³-hybridized carbons (Fsp3) is 0.174. The Hall–Kier alpha value is -2.23. The van der Waals surface area contributed by atoms with Gasteiger partial charge in [-0.2, -0.15) is 0 Å². The number of carbonyl (C=O) groups is 1. The van der Waals surface area contributed by atoms with Crippen LogP contribution in [0.2, 0.25) is 5.02 Å². The highest BCUT2D eigenvalue weighted by Crippen LogP contribution is 2.24. The van der Waals surface area contributed by atoms with Crippen LogP contribution in [-0.4, -0.2) is 5.91 Å². The standard InChI is InChI=1S/C23H22ClNOS/c1-16(2)18-7-11-21(12-8-18)25-23(26)19-5-3-17(4-6-19)15-27-22-13-9-20(24)10-14-22/h3-14,16H,15H2,1-2H3,(H,25,26). The van der Waals surface area contributed by atoms with Crippen LogP contribution in [0.15, 0.2) is 77.7 Å². The van der Waals surface area contributed by atoms with Crippen molar-refractivity contribution in [1.29, 1.82) is 0 Å². The fourth-order valence-corrected chi connectivity index (χ4v) is 3.58. The predicted molar refractivity (Wildman–Crippen MR) is 116 cm³/mol. The Bertz CT molecular complexity index is 887. The van der Waals surface area contributed by atoms with Gasteiger partial charge in [0.2, 0.25) is 0 Å². The first-order chi connectivity index (χ1) is 13.0. The summed E-state index contributed by atoms with van der Waals surface area (Å²) in [5.41, 5.74) is 3.90. The van der Waals surface area contributed by atoms with Crippen LogP contribution in [0.1, 0.15) is 41.3 Å². The summed E-state index contributed by atoms with van der Waals surface area (Å²) >= 11 is 7.65. The summed E-state index contributed by atoms with van der Waals surface area (Å²) in [5.74, 6) is 1.23. The molecule has 2 nitrogen and oxygen atoms in total. The molecule has 138 valence electrons. The summed E-state index contributed by atoms with van der Waals surface area (Å²) in [6.45, 7) is 4.31. The van der Waals surface area contributed by atoms with Crippen LogP contribution in [0.3, 0.4) is 0 Å². The van der Waals surface area contributed by atoms with E-state index in [0.29, 0.717) is 11.5 Å². The quantitative estimate of drug-likeness (QED) is 0.455. The van der Waals surface area contributed by atoms with Gasteiger partial charge >= 0.3 is 0 Å². The van der Waals surface area contributed by atoms with Crippen molar-refractivity contribution >= 4 is 35.0 Å². The van der Waals surface area contributed by atoms with Gasteiger partial charge in [-0.25, -0.2) is 0 Å². The average Bonchev–Trinajstić information content (AvgIpc) is 2.68. The molecular formula is C23H22ClNOS. The lowest BCUT2D eigenvalue weighted by Gasteiger charge is -2.09. The molecule has 0 bridgehead atoms. The highest BCUT2D eigenvalue weighted by Gasteiger charge is 2.07. The first-order valence-corrected chi connectivity index (χ1v) is 10.3. The third-order valence-electron chi connectivity index (χ3n) is 4.27. The second kappa shape index (κ2) is 9.12. The van der Waals surface area contributed by atoms with Gasteiger partial charge in [-0.3, -0.25) is 4.79 Å². The van der Waals surface area contributed by atoms with Crippen molar-refractivity contribution in [2.75, 3.05) is 5.32 Å². The zero-order valence-corrected chi connectivity index (χ0v) is 17.0. The average molecular weight is 396 g/mol. The molecule has 0 aromatic heterocycles. The normalized spacial score (nSPS) is 10.8. The molecule has 3 aromatic rings. The molecule has 3 aromatic carbocycles. The number of thioether (sulfide) groups is 1. The van der Waals surface area contributed by atoms with Crippen LogP contribution in [-0.2, 0) is 5.75 Å². The molecule has 0 saturated heterocycles. The molecule has 1 N–H and O–H groups in total. The van der Waals surface area contributed by atoms with Crippen molar-refractivity contribution in [1.82, 2.24) is 0 Å². The van der Waals surface area contributed by atoms with E-state index in [0.717, 1.165) is 16.5 Å². The van der Waals surface area contributed by atoms with Crippen LogP contribution in [0.4, 0.5) is 5.69 Å². The van der Waals surface area contributed by atoms with E-state index in [1.165, 1.54) is 16.0 Å². The lowest BCUT2D eigenvalue weighted by molar-refractivity contribution is 0.102. The zero-order chi connectivity index (χ0) is 19.2. The van der Waals surface area contributed by atoms with Gasteiger partial charge in [-0.05, 0) is 65.6 Å². The van der Waals surface area contributed by atoms with Crippen LogP contribution < -0.4 is 5.32 Å². The summed E-state index contributed by atoms with van der Waals surface area (Å²) in [5, 5.41) is 3.69. The second-order valence-electron chi connectivity index (χ2n) is 6.67. The molecular weight excluding hydrogens is 374 g/mol. The largest absolute Gasteiger partial charge is 0.322 e. The number of rotatable bonds is 6. The monoisotopic (exact) mass is 395 g/mol. The minimum Gasteiger partial charge on any atom is -0.322 e. The maximum absolute atomic E-state index is 12.4. The molecule has 3 rings (SSSR count). The number of carbonyl (C=O) groups excluding carboxylic acids is 1. The number of hydrogen-bond acceptors (Lipinski definition) is 2. The minimum atomic E-state index is -0.0933. The smallest absolute Gasteiger partial charge is 0.255 e. The van der Waals surface area contributed by atoms with E-state index in [1.54, 1.807) is 11.8 Å². The van der Waals surface area contributed by atoms with Gasteiger partial charge in [-0.1, -0.05) is 49.7 Å². The van der Waals surface area contributed by atoms with Gasteiger partial charge in [0.05, 0.1) is 0 Å². The molecule has 0 saturated carbocycles. The van der Waals surface area contributed by atoms with Gasteiger partial charge in [0.25, 0.3) is 5.91 Å². The van der Waals surface area contributed by atoms with E-state index in [9.17, 15) is 4.79 Å². The van der Waals surface area contributed by atoms with Crippen molar-refractivity contribution < 1.29 is 4.79 Å². The third-order valence-corrected chi connectivity index (χ3v) is 5.61. The number of halogens is 1. The molecule has 0 aliphatic rings.